The van der Waals surface area contributed by atoms with Gasteiger partial charge >= 0.3 is 0 Å². The summed E-state index contributed by atoms with van der Waals surface area (Å²) in [6.07, 6.45) is -0.274. The zero-order valence-corrected chi connectivity index (χ0v) is 14.2. The molecule has 0 bridgehead atoms. The number of rotatable bonds is 7. The Morgan fingerprint density at radius 1 is 1.25 bits per heavy atom. The Kier molecular flexibility index (Phi) is 5.30. The molecule has 1 aliphatic rings. The van der Waals surface area contributed by atoms with Crippen LogP contribution in [-0.4, -0.2) is 45.9 Å². The van der Waals surface area contributed by atoms with Gasteiger partial charge in [0.1, 0.15) is 6.23 Å². The van der Waals surface area contributed by atoms with E-state index in [0.717, 1.165) is 12.0 Å². The molecule has 2 unspecified atom stereocenters. The molecule has 1 aromatic carbocycles. The van der Waals surface area contributed by atoms with Crippen LogP contribution in [0.25, 0.3) is 0 Å². The Hall–Kier alpha value is -1.73. The zero-order valence-electron chi connectivity index (χ0n) is 13.4. The lowest BCUT2D eigenvalue weighted by atomic mass is 10.00. The number of likely N-dealkylation sites (tertiary alicyclic amines) is 1. The molecule has 1 fully saturated rings. The van der Waals surface area contributed by atoms with E-state index in [0.29, 0.717) is 19.6 Å². The molecular weight excluding hydrogens is 324 g/mol. The van der Waals surface area contributed by atoms with Crippen molar-refractivity contribution in [2.75, 3.05) is 13.1 Å². The van der Waals surface area contributed by atoms with Gasteiger partial charge in [-0.25, -0.2) is 0 Å². The highest BCUT2D eigenvalue weighted by molar-refractivity contribution is 7.09. The second-order valence-electron chi connectivity index (χ2n) is 6.07. The van der Waals surface area contributed by atoms with Crippen molar-refractivity contribution in [3.63, 3.8) is 0 Å². The smallest absolute Gasteiger partial charge is 0.259 e. The lowest BCUT2D eigenvalue weighted by Crippen LogP contribution is -2.55. The van der Waals surface area contributed by atoms with Crippen LogP contribution in [0.3, 0.4) is 0 Å². The Labute approximate surface area is 145 Å². The average molecular weight is 346 g/mol. The molecule has 24 heavy (non-hydrogen) atoms. The number of hydrogen-bond acceptors (Lipinski definition) is 5. The van der Waals surface area contributed by atoms with Gasteiger partial charge in [-0.1, -0.05) is 36.4 Å². The normalized spacial score (nSPS) is 22.1. The van der Waals surface area contributed by atoms with Crippen LogP contribution >= 0.6 is 11.3 Å². The molecule has 0 saturated carbocycles. The number of thiophene rings is 1. The summed E-state index contributed by atoms with van der Waals surface area (Å²) < 4.78 is 0. The summed E-state index contributed by atoms with van der Waals surface area (Å²) >= 11 is 1.65. The van der Waals surface area contributed by atoms with E-state index in [1.54, 1.807) is 16.2 Å². The summed E-state index contributed by atoms with van der Waals surface area (Å²) in [4.78, 5) is 15.3. The molecule has 0 spiro atoms. The van der Waals surface area contributed by atoms with Crippen LogP contribution < -0.4 is 5.32 Å². The van der Waals surface area contributed by atoms with E-state index >= 15 is 0 Å². The van der Waals surface area contributed by atoms with Crippen LogP contribution in [0.4, 0.5) is 0 Å². The minimum absolute atomic E-state index is 0.228. The van der Waals surface area contributed by atoms with E-state index < -0.39 is 17.7 Å². The fourth-order valence-electron chi connectivity index (χ4n) is 2.95. The molecule has 1 saturated heterocycles. The average Bonchev–Trinajstić information content (AvgIpc) is 3.20. The van der Waals surface area contributed by atoms with Crippen molar-refractivity contribution < 1.29 is 15.0 Å². The number of amides is 1. The van der Waals surface area contributed by atoms with Gasteiger partial charge in [0.05, 0.1) is 0 Å². The van der Waals surface area contributed by atoms with Crippen LogP contribution in [0.2, 0.25) is 0 Å². The third-order valence-corrected chi connectivity index (χ3v) is 5.31. The predicted molar refractivity (Wildman–Crippen MR) is 93.5 cm³/mol. The maximum Gasteiger partial charge on any atom is 0.259 e. The summed E-state index contributed by atoms with van der Waals surface area (Å²) in [5.74, 6) is -0.414. The van der Waals surface area contributed by atoms with Crippen molar-refractivity contribution in [2.24, 2.45) is 0 Å². The number of aliphatic hydroxyl groups excluding tert-OH is 1. The molecule has 1 amide bonds. The standard InChI is InChI=1S/C18H22N2O3S/c21-16(19-10-8-15-7-4-12-24-15)18(23)9-11-20(17(18)22)13-14-5-2-1-3-6-14/h1-7,12,16,19,21,23H,8-11,13H2. The summed E-state index contributed by atoms with van der Waals surface area (Å²) in [6.45, 7) is 1.40. The van der Waals surface area contributed by atoms with Gasteiger partial charge in [0.2, 0.25) is 0 Å². The Bertz CT molecular complexity index is 662. The molecule has 2 heterocycles. The quantitative estimate of drug-likeness (QED) is 0.662. The fourth-order valence-corrected chi connectivity index (χ4v) is 3.66. The number of hydrogen-bond donors (Lipinski definition) is 3. The summed E-state index contributed by atoms with van der Waals surface area (Å²) in [5, 5.41) is 25.8. The van der Waals surface area contributed by atoms with Gasteiger partial charge in [0.25, 0.3) is 5.91 Å². The highest BCUT2D eigenvalue weighted by Crippen LogP contribution is 2.27. The SMILES string of the molecule is O=C1N(Cc2ccccc2)CCC1(O)C(O)NCCc1cccs1. The van der Waals surface area contributed by atoms with Crippen molar-refractivity contribution in [3.8, 4) is 0 Å². The highest BCUT2D eigenvalue weighted by Gasteiger charge is 2.50. The van der Waals surface area contributed by atoms with Crippen LogP contribution in [0.1, 0.15) is 16.9 Å². The van der Waals surface area contributed by atoms with Crippen molar-refractivity contribution in [3.05, 3.63) is 58.3 Å². The molecule has 1 aromatic heterocycles. The van der Waals surface area contributed by atoms with Crippen molar-refractivity contribution in [2.45, 2.75) is 31.2 Å². The van der Waals surface area contributed by atoms with E-state index in [9.17, 15) is 15.0 Å². The first kappa shape index (κ1) is 17.1. The summed E-state index contributed by atoms with van der Waals surface area (Å²) in [5.41, 5.74) is -0.736. The molecule has 3 rings (SSSR count). The van der Waals surface area contributed by atoms with E-state index in [2.05, 4.69) is 5.32 Å². The van der Waals surface area contributed by atoms with Crippen molar-refractivity contribution in [1.82, 2.24) is 10.2 Å². The van der Waals surface area contributed by atoms with E-state index in [4.69, 9.17) is 0 Å². The number of carbonyl (C=O) groups excluding carboxylic acids is 1. The minimum Gasteiger partial charge on any atom is -0.376 e. The zero-order chi connectivity index (χ0) is 17.0. The first-order valence-electron chi connectivity index (χ1n) is 8.09. The molecule has 128 valence electrons. The first-order valence-corrected chi connectivity index (χ1v) is 8.97. The van der Waals surface area contributed by atoms with Gasteiger partial charge in [-0.15, -0.1) is 11.3 Å². The van der Waals surface area contributed by atoms with Crippen LogP contribution in [0, 0.1) is 0 Å². The fraction of sp³-hybridized carbons (Fsp3) is 0.389. The number of carbonyl (C=O) groups is 1. The molecule has 2 aromatic rings. The number of nitrogens with zero attached hydrogens (tertiary/aromatic N) is 1. The van der Waals surface area contributed by atoms with E-state index in [-0.39, 0.29) is 6.42 Å². The molecular formula is C18H22N2O3S. The molecule has 5 nitrogen and oxygen atoms in total. The molecule has 0 aliphatic carbocycles. The molecule has 2 atom stereocenters. The van der Waals surface area contributed by atoms with E-state index in [1.165, 1.54) is 4.88 Å². The third kappa shape index (κ3) is 3.67. The Morgan fingerprint density at radius 2 is 2.04 bits per heavy atom. The lowest BCUT2D eigenvalue weighted by molar-refractivity contribution is -0.157. The van der Waals surface area contributed by atoms with E-state index in [1.807, 2.05) is 47.8 Å². The molecule has 3 N–H and O–H groups in total. The van der Waals surface area contributed by atoms with Gasteiger partial charge in [-0.3, -0.25) is 10.1 Å². The van der Waals surface area contributed by atoms with Crippen LogP contribution in [0.5, 0.6) is 0 Å². The lowest BCUT2D eigenvalue weighted by Gasteiger charge is -2.28. The first-order chi connectivity index (χ1) is 11.6. The number of nitrogens with one attached hydrogen (secondary N) is 1. The van der Waals surface area contributed by atoms with Crippen LogP contribution in [0.15, 0.2) is 47.8 Å². The number of benzene rings is 1. The minimum atomic E-state index is -1.75. The second-order valence-corrected chi connectivity index (χ2v) is 7.10. The van der Waals surface area contributed by atoms with Gasteiger partial charge in [-0.05, 0) is 23.4 Å². The van der Waals surface area contributed by atoms with Crippen LogP contribution in [-0.2, 0) is 17.8 Å². The molecule has 0 radical (unpaired) electrons. The van der Waals surface area contributed by atoms with Gasteiger partial charge < -0.3 is 15.1 Å². The summed E-state index contributed by atoms with van der Waals surface area (Å²) in [6, 6.07) is 13.7. The Morgan fingerprint density at radius 3 is 2.75 bits per heavy atom. The molecule has 1 aliphatic heterocycles. The topological polar surface area (TPSA) is 72.8 Å². The number of aliphatic hydroxyl groups is 2. The largest absolute Gasteiger partial charge is 0.376 e. The maximum absolute atomic E-state index is 12.5. The van der Waals surface area contributed by atoms with Gasteiger partial charge in [0, 0.05) is 30.9 Å². The van der Waals surface area contributed by atoms with Gasteiger partial charge in [0.15, 0.2) is 5.60 Å². The monoisotopic (exact) mass is 346 g/mol. The summed E-state index contributed by atoms with van der Waals surface area (Å²) in [7, 11) is 0. The highest BCUT2D eigenvalue weighted by atomic mass is 32.1. The van der Waals surface area contributed by atoms with Gasteiger partial charge in [-0.2, -0.15) is 0 Å². The predicted octanol–water partition coefficient (Wildman–Crippen LogP) is 1.36. The maximum atomic E-state index is 12.5. The third-order valence-electron chi connectivity index (χ3n) is 4.38. The second kappa shape index (κ2) is 7.44. The van der Waals surface area contributed by atoms with Crippen molar-refractivity contribution >= 4 is 17.2 Å². The van der Waals surface area contributed by atoms with Crippen molar-refractivity contribution in [1.29, 1.82) is 0 Å². The molecule has 6 heteroatoms. The Balaban J connectivity index is 1.55.